The highest BCUT2D eigenvalue weighted by molar-refractivity contribution is 9.10. The summed E-state index contributed by atoms with van der Waals surface area (Å²) in [5.41, 5.74) is 1.19. The number of anilines is 1. The quantitative estimate of drug-likeness (QED) is 0.899. The van der Waals surface area contributed by atoms with E-state index in [1.54, 1.807) is 0 Å². The van der Waals surface area contributed by atoms with Crippen molar-refractivity contribution in [2.24, 2.45) is 0 Å². The molecule has 0 saturated carbocycles. The second kappa shape index (κ2) is 6.41. The number of nitrogens with one attached hydrogen (secondary N) is 1. The van der Waals surface area contributed by atoms with Crippen LogP contribution in [-0.2, 0) is 4.74 Å². The van der Waals surface area contributed by atoms with E-state index in [-0.39, 0.29) is 0 Å². The van der Waals surface area contributed by atoms with Crippen LogP contribution in [0.15, 0.2) is 28.7 Å². The van der Waals surface area contributed by atoms with Crippen molar-refractivity contribution >= 4 is 21.6 Å². The Labute approximate surface area is 112 Å². The van der Waals surface area contributed by atoms with Crippen LogP contribution in [0.1, 0.15) is 32.6 Å². The molecule has 2 atom stereocenters. The molecule has 0 aromatic heterocycles. The van der Waals surface area contributed by atoms with Crippen LogP contribution in [0.5, 0.6) is 0 Å². The molecule has 1 fully saturated rings. The van der Waals surface area contributed by atoms with Crippen LogP contribution in [0.4, 0.5) is 5.69 Å². The smallest absolute Gasteiger partial charge is 0.0594 e. The van der Waals surface area contributed by atoms with Gasteiger partial charge in [-0.1, -0.05) is 25.5 Å². The molecule has 0 amide bonds. The summed E-state index contributed by atoms with van der Waals surface area (Å²) in [6.07, 6.45) is 5.03. The molecule has 1 heterocycles. The molecule has 0 spiro atoms. The highest BCUT2D eigenvalue weighted by atomic mass is 79.9. The molecule has 1 saturated heterocycles. The highest BCUT2D eigenvalue weighted by Crippen LogP contribution is 2.26. The largest absolute Gasteiger partial charge is 0.381 e. The molecule has 1 aliphatic heterocycles. The van der Waals surface area contributed by atoms with Gasteiger partial charge in [-0.2, -0.15) is 0 Å². The SMILES string of the molecule is CCCC1CC(Nc2ccccc2Br)CCO1. The minimum atomic E-state index is 0.439. The molecule has 94 valence electrons. The minimum Gasteiger partial charge on any atom is -0.381 e. The predicted octanol–water partition coefficient (Wildman–Crippen LogP) is 4.21. The van der Waals surface area contributed by atoms with Gasteiger partial charge in [-0.25, -0.2) is 0 Å². The Balaban J connectivity index is 1.92. The Bertz CT molecular complexity index is 354. The summed E-state index contributed by atoms with van der Waals surface area (Å²) in [6, 6.07) is 8.84. The molecule has 2 nitrogen and oxygen atoms in total. The van der Waals surface area contributed by atoms with Crippen LogP contribution >= 0.6 is 15.9 Å². The molecule has 1 aliphatic rings. The minimum absolute atomic E-state index is 0.439. The second-order valence-electron chi connectivity index (χ2n) is 4.63. The predicted molar refractivity (Wildman–Crippen MR) is 75.4 cm³/mol. The molecular formula is C14H20BrNO. The number of halogens is 1. The van der Waals surface area contributed by atoms with E-state index in [0.29, 0.717) is 12.1 Å². The molecule has 2 unspecified atom stereocenters. The second-order valence-corrected chi connectivity index (χ2v) is 5.48. The average Bonchev–Trinajstić information content (AvgIpc) is 2.33. The van der Waals surface area contributed by atoms with Gasteiger partial charge in [0.05, 0.1) is 6.10 Å². The highest BCUT2D eigenvalue weighted by Gasteiger charge is 2.22. The average molecular weight is 298 g/mol. The standard InChI is InChI=1S/C14H20BrNO/c1-2-5-12-10-11(8-9-17-12)16-14-7-4-3-6-13(14)15/h3-4,6-7,11-12,16H,2,5,8-10H2,1H3. The van der Waals surface area contributed by atoms with Crippen LogP contribution < -0.4 is 5.32 Å². The number of hydrogen-bond acceptors (Lipinski definition) is 2. The Kier molecular flexibility index (Phi) is 4.86. The molecule has 3 heteroatoms. The fraction of sp³-hybridized carbons (Fsp3) is 0.571. The number of benzene rings is 1. The summed E-state index contributed by atoms with van der Waals surface area (Å²) in [7, 11) is 0. The van der Waals surface area contributed by atoms with Gasteiger partial charge in [0, 0.05) is 22.8 Å². The summed E-state index contributed by atoms with van der Waals surface area (Å²) in [4.78, 5) is 0. The lowest BCUT2D eigenvalue weighted by Gasteiger charge is -2.31. The van der Waals surface area contributed by atoms with Crippen molar-refractivity contribution in [3.8, 4) is 0 Å². The van der Waals surface area contributed by atoms with E-state index in [1.807, 2.05) is 6.07 Å². The first-order valence-corrected chi connectivity index (χ1v) is 7.21. The molecule has 0 radical (unpaired) electrons. The van der Waals surface area contributed by atoms with Crippen LogP contribution in [0.25, 0.3) is 0 Å². The van der Waals surface area contributed by atoms with Gasteiger partial charge in [-0.15, -0.1) is 0 Å². The number of rotatable bonds is 4. The summed E-state index contributed by atoms with van der Waals surface area (Å²) in [5, 5.41) is 3.61. The lowest BCUT2D eigenvalue weighted by atomic mass is 10.00. The summed E-state index contributed by atoms with van der Waals surface area (Å²) in [6.45, 7) is 3.10. The maximum absolute atomic E-state index is 5.76. The summed E-state index contributed by atoms with van der Waals surface area (Å²) in [5.74, 6) is 0. The molecule has 0 aliphatic carbocycles. The van der Waals surface area contributed by atoms with E-state index in [4.69, 9.17) is 4.74 Å². The zero-order valence-corrected chi connectivity index (χ0v) is 11.9. The molecule has 2 rings (SSSR count). The van der Waals surface area contributed by atoms with Crippen LogP contribution in [0.3, 0.4) is 0 Å². The molecule has 1 aromatic carbocycles. The molecular weight excluding hydrogens is 278 g/mol. The summed E-state index contributed by atoms with van der Waals surface area (Å²) < 4.78 is 6.90. The van der Waals surface area contributed by atoms with E-state index >= 15 is 0 Å². The van der Waals surface area contributed by atoms with Crippen molar-refractivity contribution in [1.29, 1.82) is 0 Å². The maximum atomic E-state index is 5.76. The molecule has 1 aromatic rings. The van der Waals surface area contributed by atoms with Crippen molar-refractivity contribution < 1.29 is 4.74 Å². The van der Waals surface area contributed by atoms with Gasteiger partial charge >= 0.3 is 0 Å². The van der Waals surface area contributed by atoms with Gasteiger partial charge in [0.2, 0.25) is 0 Å². The van der Waals surface area contributed by atoms with E-state index in [1.165, 1.54) is 18.5 Å². The van der Waals surface area contributed by atoms with Gasteiger partial charge in [-0.3, -0.25) is 0 Å². The Morgan fingerprint density at radius 2 is 2.24 bits per heavy atom. The van der Waals surface area contributed by atoms with Crippen molar-refractivity contribution in [1.82, 2.24) is 0 Å². The first-order chi connectivity index (χ1) is 8.29. The fourth-order valence-corrected chi connectivity index (χ4v) is 2.73. The number of para-hydroxylation sites is 1. The van der Waals surface area contributed by atoms with Crippen LogP contribution in [-0.4, -0.2) is 18.8 Å². The third-order valence-corrected chi connectivity index (χ3v) is 3.90. The van der Waals surface area contributed by atoms with E-state index in [9.17, 15) is 0 Å². The molecule has 1 N–H and O–H groups in total. The summed E-state index contributed by atoms with van der Waals surface area (Å²) >= 11 is 3.58. The third-order valence-electron chi connectivity index (χ3n) is 3.21. The van der Waals surface area contributed by atoms with Gasteiger partial charge in [0.1, 0.15) is 0 Å². The van der Waals surface area contributed by atoms with E-state index in [2.05, 4.69) is 46.4 Å². The van der Waals surface area contributed by atoms with Crippen molar-refractivity contribution in [2.45, 2.75) is 44.8 Å². The first-order valence-electron chi connectivity index (χ1n) is 6.42. The van der Waals surface area contributed by atoms with Gasteiger partial charge < -0.3 is 10.1 Å². The lowest BCUT2D eigenvalue weighted by Crippen LogP contribution is -2.34. The zero-order valence-electron chi connectivity index (χ0n) is 10.3. The van der Waals surface area contributed by atoms with Crippen molar-refractivity contribution in [2.75, 3.05) is 11.9 Å². The van der Waals surface area contributed by atoms with Crippen LogP contribution in [0, 0.1) is 0 Å². The monoisotopic (exact) mass is 297 g/mol. The van der Waals surface area contributed by atoms with Crippen molar-refractivity contribution in [3.05, 3.63) is 28.7 Å². The maximum Gasteiger partial charge on any atom is 0.0594 e. The van der Waals surface area contributed by atoms with Gasteiger partial charge in [-0.05, 0) is 47.3 Å². The lowest BCUT2D eigenvalue weighted by molar-refractivity contribution is 0.00597. The first kappa shape index (κ1) is 12.9. The van der Waals surface area contributed by atoms with Crippen LogP contribution in [0.2, 0.25) is 0 Å². The topological polar surface area (TPSA) is 21.3 Å². The van der Waals surface area contributed by atoms with E-state index < -0.39 is 0 Å². The normalized spacial score (nSPS) is 24.6. The van der Waals surface area contributed by atoms with E-state index in [0.717, 1.165) is 23.9 Å². The van der Waals surface area contributed by atoms with Crippen molar-refractivity contribution in [3.63, 3.8) is 0 Å². The molecule has 0 bridgehead atoms. The third kappa shape index (κ3) is 3.71. The zero-order chi connectivity index (χ0) is 12.1. The Morgan fingerprint density at radius 1 is 1.41 bits per heavy atom. The fourth-order valence-electron chi connectivity index (χ4n) is 2.33. The Hall–Kier alpha value is -0.540. The van der Waals surface area contributed by atoms with Gasteiger partial charge in [0.25, 0.3) is 0 Å². The molecule has 17 heavy (non-hydrogen) atoms. The van der Waals surface area contributed by atoms with Gasteiger partial charge in [0.15, 0.2) is 0 Å². The number of ether oxygens (including phenoxy) is 1. The number of hydrogen-bond donors (Lipinski definition) is 1. The Morgan fingerprint density at radius 3 is 3.00 bits per heavy atom.